The van der Waals surface area contributed by atoms with Gasteiger partial charge in [0.15, 0.2) is 0 Å². The molecule has 3 nitrogen and oxygen atoms in total. The number of carbonyl (C=O) groups is 1. The highest BCUT2D eigenvalue weighted by Gasteiger charge is 2.32. The summed E-state index contributed by atoms with van der Waals surface area (Å²) in [6.07, 6.45) is 2.70. The number of ether oxygens (including phenoxy) is 1. The van der Waals surface area contributed by atoms with Gasteiger partial charge in [0.05, 0.1) is 17.2 Å². The van der Waals surface area contributed by atoms with Crippen molar-refractivity contribution in [3.05, 3.63) is 28.2 Å². The fourth-order valence-corrected chi connectivity index (χ4v) is 2.96. The van der Waals surface area contributed by atoms with Crippen LogP contribution >= 0.6 is 15.9 Å². The number of ketones is 1. The molecule has 4 heteroatoms. The van der Waals surface area contributed by atoms with E-state index < -0.39 is 5.60 Å². The zero-order valence-corrected chi connectivity index (χ0v) is 12.0. The van der Waals surface area contributed by atoms with E-state index in [1.807, 2.05) is 18.2 Å². The van der Waals surface area contributed by atoms with Crippen LogP contribution in [-0.4, -0.2) is 23.6 Å². The molecular weight excluding hydrogens is 296 g/mol. The van der Waals surface area contributed by atoms with Crippen LogP contribution in [0.15, 0.2) is 22.7 Å². The average molecular weight is 313 g/mol. The molecule has 0 spiro atoms. The van der Waals surface area contributed by atoms with Gasteiger partial charge in [-0.25, -0.2) is 0 Å². The minimum Gasteiger partial charge on any atom is -0.496 e. The summed E-state index contributed by atoms with van der Waals surface area (Å²) in [5.41, 5.74) is 0.321. The van der Waals surface area contributed by atoms with Crippen LogP contribution in [0.4, 0.5) is 0 Å². The Morgan fingerprint density at radius 3 is 2.61 bits per heavy atom. The first kappa shape index (κ1) is 13.6. The van der Waals surface area contributed by atoms with Gasteiger partial charge < -0.3 is 9.84 Å². The van der Waals surface area contributed by atoms with Gasteiger partial charge in [0.2, 0.25) is 0 Å². The molecule has 1 fully saturated rings. The third-order valence-corrected chi connectivity index (χ3v) is 4.11. The zero-order chi connectivity index (χ0) is 13.2. The lowest BCUT2D eigenvalue weighted by molar-refractivity contribution is -0.125. The van der Waals surface area contributed by atoms with Crippen molar-refractivity contribution < 1.29 is 14.6 Å². The molecule has 0 aliphatic heterocycles. The second kappa shape index (κ2) is 5.41. The lowest BCUT2D eigenvalue weighted by Gasteiger charge is -2.31. The van der Waals surface area contributed by atoms with E-state index in [0.717, 1.165) is 15.8 Å². The Bertz CT molecular complexity index is 446. The van der Waals surface area contributed by atoms with Gasteiger partial charge in [-0.15, -0.1) is 0 Å². The normalized spacial score (nSPS) is 18.7. The molecule has 0 aromatic heterocycles. The average Bonchev–Trinajstić information content (AvgIpc) is 2.34. The van der Waals surface area contributed by atoms with E-state index in [-0.39, 0.29) is 5.78 Å². The van der Waals surface area contributed by atoms with Gasteiger partial charge in [-0.3, -0.25) is 4.79 Å². The SMILES string of the molecule is COc1ccc(CC2(O)CCC(=O)CC2)cc1Br. The van der Waals surface area contributed by atoms with Crippen molar-refractivity contribution in [3.8, 4) is 5.75 Å². The smallest absolute Gasteiger partial charge is 0.133 e. The number of halogens is 1. The van der Waals surface area contributed by atoms with E-state index in [0.29, 0.717) is 32.1 Å². The van der Waals surface area contributed by atoms with Crippen molar-refractivity contribution >= 4 is 21.7 Å². The minimum atomic E-state index is -0.734. The molecule has 2 rings (SSSR count). The van der Waals surface area contributed by atoms with Crippen LogP contribution in [0.3, 0.4) is 0 Å². The Morgan fingerprint density at radius 1 is 1.39 bits per heavy atom. The molecule has 1 aliphatic carbocycles. The second-order valence-electron chi connectivity index (χ2n) is 4.91. The molecule has 98 valence electrons. The van der Waals surface area contributed by atoms with Gasteiger partial charge in [0.1, 0.15) is 11.5 Å². The third kappa shape index (κ3) is 3.12. The number of methoxy groups -OCH3 is 1. The molecule has 0 amide bonds. The van der Waals surface area contributed by atoms with Crippen LogP contribution in [0.25, 0.3) is 0 Å². The third-order valence-electron chi connectivity index (χ3n) is 3.49. The highest BCUT2D eigenvalue weighted by Crippen LogP contribution is 2.32. The van der Waals surface area contributed by atoms with E-state index in [4.69, 9.17) is 4.74 Å². The second-order valence-corrected chi connectivity index (χ2v) is 5.76. The number of benzene rings is 1. The summed E-state index contributed by atoms with van der Waals surface area (Å²) in [6, 6.07) is 5.81. The van der Waals surface area contributed by atoms with Crippen molar-refractivity contribution in [1.29, 1.82) is 0 Å². The first-order chi connectivity index (χ1) is 8.52. The molecule has 0 saturated heterocycles. The van der Waals surface area contributed by atoms with Crippen molar-refractivity contribution in [2.24, 2.45) is 0 Å². The van der Waals surface area contributed by atoms with Crippen LogP contribution in [0.1, 0.15) is 31.2 Å². The van der Waals surface area contributed by atoms with Crippen LogP contribution in [-0.2, 0) is 11.2 Å². The van der Waals surface area contributed by atoms with Gasteiger partial charge in [-0.05, 0) is 46.5 Å². The van der Waals surface area contributed by atoms with Crippen molar-refractivity contribution in [3.63, 3.8) is 0 Å². The molecular formula is C14H17BrO3. The molecule has 18 heavy (non-hydrogen) atoms. The molecule has 1 aliphatic rings. The van der Waals surface area contributed by atoms with E-state index in [2.05, 4.69) is 15.9 Å². The molecule has 1 aromatic rings. The summed E-state index contributed by atoms with van der Waals surface area (Å²) in [5.74, 6) is 1.04. The number of hydrogen-bond donors (Lipinski definition) is 1. The number of aliphatic hydroxyl groups is 1. The van der Waals surface area contributed by atoms with Gasteiger partial charge in [0.25, 0.3) is 0 Å². The predicted molar refractivity (Wildman–Crippen MR) is 72.8 cm³/mol. The Labute approximate surface area is 115 Å². The monoisotopic (exact) mass is 312 g/mol. The quantitative estimate of drug-likeness (QED) is 0.933. The summed E-state index contributed by atoms with van der Waals surface area (Å²) >= 11 is 3.44. The number of Topliss-reactive ketones (excluding diaryl/α,β-unsaturated/α-hetero) is 1. The Hall–Kier alpha value is -0.870. The van der Waals surface area contributed by atoms with Crippen LogP contribution in [0.2, 0.25) is 0 Å². The molecule has 1 N–H and O–H groups in total. The predicted octanol–water partition coefficient (Wildman–Crippen LogP) is 2.87. The zero-order valence-electron chi connectivity index (χ0n) is 10.4. The molecule has 0 radical (unpaired) electrons. The van der Waals surface area contributed by atoms with Crippen molar-refractivity contribution in [1.82, 2.24) is 0 Å². The van der Waals surface area contributed by atoms with E-state index in [1.165, 1.54) is 0 Å². The summed E-state index contributed by atoms with van der Waals surface area (Å²) in [4.78, 5) is 11.2. The molecule has 1 saturated carbocycles. The van der Waals surface area contributed by atoms with Gasteiger partial charge in [-0.2, -0.15) is 0 Å². The van der Waals surface area contributed by atoms with Crippen molar-refractivity contribution in [2.75, 3.05) is 7.11 Å². The summed E-state index contributed by atoms with van der Waals surface area (Å²) in [7, 11) is 1.63. The topological polar surface area (TPSA) is 46.5 Å². The maximum atomic E-state index is 11.2. The van der Waals surface area contributed by atoms with Crippen LogP contribution in [0, 0.1) is 0 Å². The maximum Gasteiger partial charge on any atom is 0.133 e. The first-order valence-corrected chi connectivity index (χ1v) is 6.88. The van der Waals surface area contributed by atoms with Crippen LogP contribution < -0.4 is 4.74 Å². The van der Waals surface area contributed by atoms with Gasteiger partial charge in [0, 0.05) is 19.3 Å². The van der Waals surface area contributed by atoms with Crippen molar-refractivity contribution in [2.45, 2.75) is 37.7 Å². The number of hydrogen-bond acceptors (Lipinski definition) is 3. The maximum absolute atomic E-state index is 11.2. The standard InChI is InChI=1S/C14H17BrO3/c1-18-13-3-2-10(8-12(13)15)9-14(17)6-4-11(16)5-7-14/h2-3,8,17H,4-7,9H2,1H3. The Kier molecular flexibility index (Phi) is 4.07. The first-order valence-electron chi connectivity index (χ1n) is 6.09. The number of rotatable bonds is 3. The molecule has 0 heterocycles. The summed E-state index contributed by atoms with van der Waals surface area (Å²) in [6.45, 7) is 0. The summed E-state index contributed by atoms with van der Waals surface area (Å²) < 4.78 is 6.06. The fourth-order valence-electron chi connectivity index (χ4n) is 2.37. The fraction of sp³-hybridized carbons (Fsp3) is 0.500. The van der Waals surface area contributed by atoms with E-state index in [9.17, 15) is 9.90 Å². The lowest BCUT2D eigenvalue weighted by atomic mass is 9.80. The van der Waals surface area contributed by atoms with E-state index >= 15 is 0 Å². The number of carbonyl (C=O) groups excluding carboxylic acids is 1. The Morgan fingerprint density at radius 2 is 2.06 bits per heavy atom. The Balaban J connectivity index is 2.09. The summed E-state index contributed by atoms with van der Waals surface area (Å²) in [5, 5.41) is 10.5. The highest BCUT2D eigenvalue weighted by atomic mass is 79.9. The molecule has 1 aromatic carbocycles. The molecule has 0 bridgehead atoms. The van der Waals surface area contributed by atoms with Crippen LogP contribution in [0.5, 0.6) is 5.75 Å². The largest absolute Gasteiger partial charge is 0.496 e. The lowest BCUT2D eigenvalue weighted by Crippen LogP contribution is -2.36. The van der Waals surface area contributed by atoms with Gasteiger partial charge in [-0.1, -0.05) is 6.07 Å². The highest BCUT2D eigenvalue weighted by molar-refractivity contribution is 9.10. The van der Waals surface area contributed by atoms with Gasteiger partial charge >= 0.3 is 0 Å². The molecule has 0 atom stereocenters. The van der Waals surface area contributed by atoms with E-state index in [1.54, 1.807) is 7.11 Å². The molecule has 0 unspecified atom stereocenters. The minimum absolute atomic E-state index is 0.260.